The van der Waals surface area contributed by atoms with E-state index in [9.17, 15) is 23.1 Å². The summed E-state index contributed by atoms with van der Waals surface area (Å²) >= 11 is 0. The average molecular weight is 508 g/mol. The maximum Gasteiger partial charge on any atom is 0.322 e. The largest absolute Gasteiger partial charge is 0.494 e. The lowest BCUT2D eigenvalue weighted by Gasteiger charge is -2.21. The third kappa shape index (κ3) is 5.66. The summed E-state index contributed by atoms with van der Waals surface area (Å²) in [7, 11) is -3.88. The van der Waals surface area contributed by atoms with Gasteiger partial charge in [0.25, 0.3) is 0 Å². The quantitative estimate of drug-likeness (QED) is 0.438. The molecule has 1 saturated heterocycles. The van der Waals surface area contributed by atoms with Crippen molar-refractivity contribution in [1.82, 2.24) is 4.31 Å². The van der Waals surface area contributed by atoms with Crippen LogP contribution >= 0.6 is 0 Å². The first-order valence-corrected chi connectivity index (χ1v) is 13.4. The van der Waals surface area contributed by atoms with Crippen LogP contribution in [0.5, 0.6) is 5.75 Å². The number of aliphatic carboxylic acids is 1. The Morgan fingerprint density at radius 2 is 1.58 bits per heavy atom. The van der Waals surface area contributed by atoms with Gasteiger partial charge in [-0.15, -0.1) is 0 Å². The average Bonchev–Trinajstić information content (AvgIpc) is 3.38. The number of hydrogen-bond acceptors (Lipinski definition) is 5. The summed E-state index contributed by atoms with van der Waals surface area (Å²) in [5.41, 5.74) is 3.49. The van der Waals surface area contributed by atoms with Crippen molar-refractivity contribution < 1.29 is 27.9 Å². The van der Waals surface area contributed by atoms with Crippen molar-refractivity contribution in [3.8, 4) is 16.9 Å². The van der Waals surface area contributed by atoms with Crippen LogP contribution in [0.3, 0.4) is 0 Å². The number of nitrogens with zero attached hydrogens (tertiary/aromatic N) is 1. The van der Waals surface area contributed by atoms with E-state index < -0.39 is 22.0 Å². The molecule has 0 unspecified atom stereocenters. The Hall–Kier alpha value is -3.49. The number of carboxylic acids is 1. The molecule has 1 atom stereocenters. The fourth-order valence-corrected chi connectivity index (χ4v) is 6.14. The number of sulfonamides is 1. The molecule has 1 aliphatic heterocycles. The number of para-hydroxylation sites is 1. The predicted octanol–water partition coefficient (Wildman–Crippen LogP) is 4.34. The van der Waals surface area contributed by atoms with E-state index in [1.807, 2.05) is 55.5 Å². The number of carboxylic acid groups (broad SMARTS) is 1. The van der Waals surface area contributed by atoms with Crippen LogP contribution in [0, 0.1) is 0 Å². The molecule has 0 spiro atoms. The first-order valence-electron chi connectivity index (χ1n) is 12.0. The molecule has 3 aromatic carbocycles. The van der Waals surface area contributed by atoms with E-state index in [0.29, 0.717) is 32.3 Å². The van der Waals surface area contributed by atoms with Crippen LogP contribution in [0.4, 0.5) is 0 Å². The second-order valence-corrected chi connectivity index (χ2v) is 10.7. The Balaban J connectivity index is 1.42. The topological polar surface area (TPSA) is 101 Å². The number of carbonyl (C=O) groups excluding carboxylic acids is 1. The molecule has 0 amide bonds. The first kappa shape index (κ1) is 25.6. The van der Waals surface area contributed by atoms with E-state index in [-0.39, 0.29) is 17.2 Å². The molecule has 4 rings (SSSR count). The molecule has 8 heteroatoms. The summed E-state index contributed by atoms with van der Waals surface area (Å²) in [5, 5.41) is 9.34. The molecule has 1 aliphatic rings. The summed E-state index contributed by atoms with van der Waals surface area (Å²) in [5.74, 6) is -0.298. The van der Waals surface area contributed by atoms with Gasteiger partial charge in [0.15, 0.2) is 0 Å². The zero-order valence-corrected chi connectivity index (χ0v) is 20.9. The van der Waals surface area contributed by atoms with E-state index >= 15 is 0 Å². The van der Waals surface area contributed by atoms with Gasteiger partial charge < -0.3 is 9.84 Å². The molecule has 0 bridgehead atoms. The van der Waals surface area contributed by atoms with Crippen LogP contribution in [-0.2, 0) is 32.5 Å². The summed E-state index contributed by atoms with van der Waals surface area (Å²) in [6, 6.07) is 20.6. The lowest BCUT2D eigenvalue weighted by molar-refractivity contribution is -0.140. The second kappa shape index (κ2) is 11.1. The molecule has 0 aliphatic carbocycles. The minimum atomic E-state index is -3.88. The van der Waals surface area contributed by atoms with Gasteiger partial charge >= 0.3 is 5.97 Å². The fourth-order valence-electron chi connectivity index (χ4n) is 4.49. The standard InChI is InChI=1S/C28H29NO6S/c1-2-35-27-8-4-3-6-23(27)19-24(30)18-20-9-11-21(12-10-20)22-13-15-25(16-14-22)36(33,34)29-17-5-7-26(29)28(31)32/h3-4,6,8-16,26H,2,5,7,17-19H2,1H3,(H,31,32)/t26-/m0/s1. The van der Waals surface area contributed by atoms with E-state index in [0.717, 1.165) is 32.3 Å². The number of hydrogen-bond donors (Lipinski definition) is 1. The summed E-state index contributed by atoms with van der Waals surface area (Å²) < 4.78 is 32.6. The van der Waals surface area contributed by atoms with Crippen molar-refractivity contribution in [3.63, 3.8) is 0 Å². The predicted molar refractivity (Wildman–Crippen MR) is 136 cm³/mol. The lowest BCUT2D eigenvalue weighted by atomic mass is 9.99. The van der Waals surface area contributed by atoms with Gasteiger partial charge in [-0.3, -0.25) is 9.59 Å². The van der Waals surface area contributed by atoms with Crippen LogP contribution in [0.25, 0.3) is 11.1 Å². The molecule has 188 valence electrons. The molecule has 0 aromatic heterocycles. The minimum Gasteiger partial charge on any atom is -0.494 e. The van der Waals surface area contributed by atoms with Gasteiger partial charge in [0.05, 0.1) is 11.5 Å². The van der Waals surface area contributed by atoms with E-state index in [1.165, 1.54) is 12.1 Å². The van der Waals surface area contributed by atoms with Crippen molar-refractivity contribution in [2.24, 2.45) is 0 Å². The van der Waals surface area contributed by atoms with Crippen molar-refractivity contribution in [1.29, 1.82) is 0 Å². The van der Waals surface area contributed by atoms with Crippen molar-refractivity contribution in [2.45, 2.75) is 43.5 Å². The maximum absolute atomic E-state index is 13.0. The highest BCUT2D eigenvalue weighted by Gasteiger charge is 2.39. The zero-order chi connectivity index (χ0) is 25.7. The third-order valence-corrected chi connectivity index (χ3v) is 8.22. The summed E-state index contributed by atoms with van der Waals surface area (Å²) in [4.78, 5) is 24.1. The number of ketones is 1. The van der Waals surface area contributed by atoms with Gasteiger partial charge in [-0.05, 0) is 54.7 Å². The normalized spacial score (nSPS) is 16.1. The van der Waals surface area contributed by atoms with E-state index in [1.54, 1.807) is 12.1 Å². The van der Waals surface area contributed by atoms with Gasteiger partial charge in [0, 0.05) is 24.9 Å². The molecule has 0 radical (unpaired) electrons. The molecular weight excluding hydrogens is 478 g/mol. The Bertz CT molecular complexity index is 1330. The molecule has 1 heterocycles. The molecule has 1 fully saturated rings. The highest BCUT2D eigenvalue weighted by molar-refractivity contribution is 7.89. The summed E-state index contributed by atoms with van der Waals surface area (Å²) in [6.07, 6.45) is 1.45. The fraction of sp³-hybridized carbons (Fsp3) is 0.286. The Morgan fingerprint density at radius 3 is 2.22 bits per heavy atom. The van der Waals surface area contributed by atoms with Crippen LogP contribution in [0.2, 0.25) is 0 Å². The van der Waals surface area contributed by atoms with Crippen molar-refractivity contribution in [2.75, 3.05) is 13.2 Å². The smallest absolute Gasteiger partial charge is 0.322 e. The number of ether oxygens (including phenoxy) is 1. The first-order chi connectivity index (χ1) is 17.3. The highest BCUT2D eigenvalue weighted by Crippen LogP contribution is 2.28. The van der Waals surface area contributed by atoms with Gasteiger partial charge in [0.1, 0.15) is 17.6 Å². The van der Waals surface area contributed by atoms with E-state index in [4.69, 9.17) is 4.74 Å². The number of benzene rings is 3. The second-order valence-electron chi connectivity index (χ2n) is 8.77. The molecule has 1 N–H and O–H groups in total. The lowest BCUT2D eigenvalue weighted by Crippen LogP contribution is -2.40. The highest BCUT2D eigenvalue weighted by atomic mass is 32.2. The molecule has 7 nitrogen and oxygen atoms in total. The SMILES string of the molecule is CCOc1ccccc1CC(=O)Cc1ccc(-c2ccc(S(=O)(=O)N3CCC[C@H]3C(=O)O)cc2)cc1. The van der Waals surface area contributed by atoms with Gasteiger partial charge in [0.2, 0.25) is 10.0 Å². The van der Waals surface area contributed by atoms with Crippen LogP contribution in [0.1, 0.15) is 30.9 Å². The van der Waals surface area contributed by atoms with Gasteiger partial charge in [-0.25, -0.2) is 8.42 Å². The molecular formula is C28H29NO6S. The Labute approximate surface area is 211 Å². The molecule has 36 heavy (non-hydrogen) atoms. The monoisotopic (exact) mass is 507 g/mol. The van der Waals surface area contributed by atoms with Crippen LogP contribution in [0.15, 0.2) is 77.7 Å². The maximum atomic E-state index is 13.0. The number of rotatable bonds is 10. The molecule has 3 aromatic rings. The van der Waals surface area contributed by atoms with Crippen LogP contribution in [-0.4, -0.2) is 48.8 Å². The summed E-state index contributed by atoms with van der Waals surface area (Å²) in [6.45, 7) is 2.66. The Morgan fingerprint density at radius 1 is 0.944 bits per heavy atom. The number of Topliss-reactive ketones (excluding diaryl/α,β-unsaturated/α-hetero) is 1. The van der Waals surface area contributed by atoms with Crippen molar-refractivity contribution >= 4 is 21.8 Å². The van der Waals surface area contributed by atoms with Crippen LogP contribution < -0.4 is 4.74 Å². The molecule has 0 saturated carbocycles. The van der Waals surface area contributed by atoms with Crippen molar-refractivity contribution in [3.05, 3.63) is 83.9 Å². The van der Waals surface area contributed by atoms with Gasteiger partial charge in [-0.2, -0.15) is 4.31 Å². The Kier molecular flexibility index (Phi) is 7.86. The number of carbonyl (C=O) groups is 2. The zero-order valence-electron chi connectivity index (χ0n) is 20.1. The minimum absolute atomic E-state index is 0.0777. The van der Waals surface area contributed by atoms with Gasteiger partial charge in [-0.1, -0.05) is 54.6 Å². The third-order valence-electron chi connectivity index (χ3n) is 6.30. The van der Waals surface area contributed by atoms with E-state index in [2.05, 4.69) is 0 Å².